The van der Waals surface area contributed by atoms with Crippen LogP contribution >= 0.6 is 11.6 Å². The molecule has 0 saturated heterocycles. The number of hydrogen-bond acceptors (Lipinski definition) is 4. The van der Waals surface area contributed by atoms with E-state index in [1.54, 1.807) is 7.11 Å². The molecule has 1 aliphatic heterocycles. The van der Waals surface area contributed by atoms with Crippen LogP contribution in [0.3, 0.4) is 0 Å². The molecule has 1 atom stereocenters. The van der Waals surface area contributed by atoms with Crippen LogP contribution in [-0.4, -0.2) is 33.0 Å². The zero-order valence-electron chi connectivity index (χ0n) is 15.8. The molecule has 142 valence electrons. The molecule has 0 radical (unpaired) electrons. The van der Waals surface area contributed by atoms with E-state index < -0.39 is 0 Å². The summed E-state index contributed by atoms with van der Waals surface area (Å²) in [6, 6.07) is 16.3. The van der Waals surface area contributed by atoms with Gasteiger partial charge >= 0.3 is 0 Å². The first-order valence-corrected chi connectivity index (χ1v) is 9.60. The fraction of sp³-hybridized carbons (Fsp3) is 0.318. The average Bonchev–Trinajstić information content (AvgIpc) is 2.71. The highest BCUT2D eigenvalue weighted by Gasteiger charge is 2.28. The fourth-order valence-electron chi connectivity index (χ4n) is 3.72. The Kier molecular flexibility index (Phi) is 6.40. The molecule has 3 rings (SSSR count). The van der Waals surface area contributed by atoms with E-state index in [0.29, 0.717) is 0 Å². The Morgan fingerprint density at radius 2 is 2.04 bits per heavy atom. The third-order valence-corrected chi connectivity index (χ3v) is 5.38. The number of nitrogens with zero attached hydrogens (tertiary/aromatic N) is 1. The molecule has 1 heterocycles. The van der Waals surface area contributed by atoms with Crippen molar-refractivity contribution in [1.82, 2.24) is 5.32 Å². The summed E-state index contributed by atoms with van der Waals surface area (Å²) in [5.74, 6) is 0.870. The molecule has 0 aliphatic carbocycles. The molecule has 2 aromatic rings. The number of aryl methyl sites for hydroxylation is 1. The molecule has 4 nitrogen and oxygen atoms in total. The Balaban J connectivity index is 1.87. The monoisotopic (exact) mass is 383 g/mol. The van der Waals surface area contributed by atoms with Crippen molar-refractivity contribution in [3.05, 3.63) is 70.4 Å². The topological polar surface area (TPSA) is 48.4 Å². The summed E-state index contributed by atoms with van der Waals surface area (Å²) in [7, 11) is 3.62. The predicted molar refractivity (Wildman–Crippen MR) is 113 cm³/mol. The maximum absolute atomic E-state index is 8.00. The standard InChI is InChI=1S/C22H26ClN3O/c1-25-21-12-13-26(18-5-3-4-17(23)14-18)22(20(21)15-24)11-8-16-6-9-19(27-2)10-7-16/h3-7,9-10,14-15,22,24-25H,8,11-13H2,1-2H3. The minimum Gasteiger partial charge on any atom is -0.497 e. The molecule has 1 unspecified atom stereocenters. The first-order chi connectivity index (χ1) is 13.2. The van der Waals surface area contributed by atoms with Crippen LogP contribution in [0.4, 0.5) is 5.69 Å². The van der Waals surface area contributed by atoms with Crippen molar-refractivity contribution in [3.8, 4) is 5.75 Å². The van der Waals surface area contributed by atoms with E-state index in [1.165, 1.54) is 11.8 Å². The quantitative estimate of drug-likeness (QED) is 0.682. The van der Waals surface area contributed by atoms with Crippen LogP contribution in [0.25, 0.3) is 0 Å². The van der Waals surface area contributed by atoms with Crippen LogP contribution in [0.15, 0.2) is 59.8 Å². The summed E-state index contributed by atoms with van der Waals surface area (Å²) in [5, 5.41) is 12.0. The summed E-state index contributed by atoms with van der Waals surface area (Å²) in [6.45, 7) is 0.904. The smallest absolute Gasteiger partial charge is 0.118 e. The second kappa shape index (κ2) is 8.96. The van der Waals surface area contributed by atoms with Crippen molar-refractivity contribution in [1.29, 1.82) is 5.41 Å². The van der Waals surface area contributed by atoms with Gasteiger partial charge in [0.1, 0.15) is 5.75 Å². The molecule has 27 heavy (non-hydrogen) atoms. The van der Waals surface area contributed by atoms with E-state index >= 15 is 0 Å². The Bertz CT molecular complexity index is 817. The van der Waals surface area contributed by atoms with Gasteiger partial charge in [0.2, 0.25) is 0 Å². The summed E-state index contributed by atoms with van der Waals surface area (Å²) < 4.78 is 5.25. The molecule has 1 aliphatic rings. The van der Waals surface area contributed by atoms with Crippen LogP contribution < -0.4 is 15.0 Å². The van der Waals surface area contributed by atoms with Gasteiger partial charge in [0.15, 0.2) is 0 Å². The molecular weight excluding hydrogens is 358 g/mol. The maximum Gasteiger partial charge on any atom is 0.118 e. The second-order valence-corrected chi connectivity index (χ2v) is 7.09. The largest absolute Gasteiger partial charge is 0.497 e. The van der Waals surface area contributed by atoms with Crippen molar-refractivity contribution >= 4 is 23.5 Å². The van der Waals surface area contributed by atoms with Crippen LogP contribution in [0.2, 0.25) is 5.02 Å². The molecule has 0 bridgehead atoms. The van der Waals surface area contributed by atoms with E-state index in [9.17, 15) is 0 Å². The van der Waals surface area contributed by atoms with Crippen molar-refractivity contribution in [3.63, 3.8) is 0 Å². The molecule has 0 saturated carbocycles. The van der Waals surface area contributed by atoms with Gasteiger partial charge in [0, 0.05) is 48.2 Å². The molecule has 0 aromatic heterocycles. The van der Waals surface area contributed by atoms with Gasteiger partial charge in [-0.05, 0) is 48.7 Å². The third kappa shape index (κ3) is 4.45. The van der Waals surface area contributed by atoms with Gasteiger partial charge in [-0.2, -0.15) is 0 Å². The number of rotatable bonds is 7. The number of anilines is 1. The lowest BCUT2D eigenvalue weighted by Crippen LogP contribution is -2.44. The zero-order valence-corrected chi connectivity index (χ0v) is 16.6. The molecule has 0 amide bonds. The highest BCUT2D eigenvalue weighted by molar-refractivity contribution is 6.30. The highest BCUT2D eigenvalue weighted by atomic mass is 35.5. The maximum atomic E-state index is 8.00. The second-order valence-electron chi connectivity index (χ2n) is 6.65. The van der Waals surface area contributed by atoms with E-state index in [4.69, 9.17) is 21.7 Å². The first-order valence-electron chi connectivity index (χ1n) is 9.22. The fourth-order valence-corrected chi connectivity index (χ4v) is 3.91. The van der Waals surface area contributed by atoms with Crippen LogP contribution in [-0.2, 0) is 6.42 Å². The highest BCUT2D eigenvalue weighted by Crippen LogP contribution is 2.31. The Morgan fingerprint density at radius 3 is 2.67 bits per heavy atom. The number of benzene rings is 2. The van der Waals surface area contributed by atoms with Gasteiger partial charge in [-0.15, -0.1) is 0 Å². The summed E-state index contributed by atoms with van der Waals surface area (Å²) in [5.41, 5.74) is 4.58. The zero-order chi connectivity index (χ0) is 19.2. The van der Waals surface area contributed by atoms with E-state index in [-0.39, 0.29) is 6.04 Å². The van der Waals surface area contributed by atoms with Crippen molar-refractivity contribution in [2.45, 2.75) is 25.3 Å². The van der Waals surface area contributed by atoms with Crippen LogP contribution in [0.1, 0.15) is 18.4 Å². The average molecular weight is 384 g/mol. The summed E-state index contributed by atoms with van der Waals surface area (Å²) >= 11 is 6.23. The minimum absolute atomic E-state index is 0.138. The predicted octanol–water partition coefficient (Wildman–Crippen LogP) is 4.68. The van der Waals surface area contributed by atoms with Gasteiger partial charge in [0.25, 0.3) is 0 Å². The SMILES string of the molecule is CNC1=C(C=N)C(CCc2ccc(OC)cc2)N(c2cccc(Cl)c2)CC1. The summed E-state index contributed by atoms with van der Waals surface area (Å²) in [6.07, 6.45) is 4.25. The van der Waals surface area contributed by atoms with Gasteiger partial charge < -0.3 is 20.4 Å². The van der Waals surface area contributed by atoms with Crippen molar-refractivity contribution in [2.75, 3.05) is 25.6 Å². The van der Waals surface area contributed by atoms with Crippen molar-refractivity contribution in [2.24, 2.45) is 0 Å². The lowest BCUT2D eigenvalue weighted by Gasteiger charge is -2.39. The van der Waals surface area contributed by atoms with E-state index in [0.717, 1.165) is 53.5 Å². The third-order valence-electron chi connectivity index (χ3n) is 5.15. The Hall–Kier alpha value is -2.46. The number of halogens is 1. The minimum atomic E-state index is 0.138. The number of ether oxygens (including phenoxy) is 1. The number of hydrogen-bond donors (Lipinski definition) is 2. The molecule has 5 heteroatoms. The molecule has 2 aromatic carbocycles. The first kappa shape index (κ1) is 19.3. The number of methoxy groups -OCH3 is 1. The Morgan fingerprint density at radius 1 is 1.26 bits per heavy atom. The van der Waals surface area contributed by atoms with Crippen molar-refractivity contribution < 1.29 is 4.74 Å². The lowest BCUT2D eigenvalue weighted by molar-refractivity contribution is 0.414. The van der Waals surface area contributed by atoms with E-state index in [1.807, 2.05) is 37.4 Å². The van der Waals surface area contributed by atoms with E-state index in [2.05, 4.69) is 28.4 Å². The van der Waals surface area contributed by atoms with Gasteiger partial charge in [-0.3, -0.25) is 0 Å². The molecular formula is C22H26ClN3O. The van der Waals surface area contributed by atoms with Gasteiger partial charge in [-0.1, -0.05) is 29.8 Å². The molecule has 2 N–H and O–H groups in total. The van der Waals surface area contributed by atoms with Crippen LogP contribution in [0, 0.1) is 5.41 Å². The Labute approximate surface area is 166 Å². The lowest BCUT2D eigenvalue weighted by atomic mass is 9.91. The number of nitrogens with one attached hydrogen (secondary N) is 2. The van der Waals surface area contributed by atoms with Crippen LogP contribution in [0.5, 0.6) is 5.75 Å². The molecule has 0 spiro atoms. The van der Waals surface area contributed by atoms with Gasteiger partial charge in [0.05, 0.1) is 13.2 Å². The summed E-state index contributed by atoms with van der Waals surface area (Å²) in [4.78, 5) is 2.37. The van der Waals surface area contributed by atoms with Gasteiger partial charge in [-0.25, -0.2) is 0 Å². The normalized spacial score (nSPS) is 17.0. The molecule has 0 fully saturated rings.